The van der Waals surface area contributed by atoms with Crippen LogP contribution in [-0.4, -0.2) is 4.92 Å². The quantitative estimate of drug-likeness (QED) is 0.370. The Kier molecular flexibility index (Phi) is 2.51. The summed E-state index contributed by atoms with van der Waals surface area (Å²) in [6.07, 6.45) is 0. The van der Waals surface area contributed by atoms with Gasteiger partial charge in [-0.25, -0.2) is 0 Å². The van der Waals surface area contributed by atoms with E-state index >= 15 is 0 Å². The molecule has 0 aromatic heterocycles. The molecule has 0 heterocycles. The Morgan fingerprint density at radius 3 is 2.67 bits per heavy atom. The van der Waals surface area contributed by atoms with Crippen molar-refractivity contribution < 1.29 is 4.92 Å². The van der Waals surface area contributed by atoms with Crippen LogP contribution >= 0.6 is 22.6 Å². The molecule has 1 aromatic carbocycles. The molecule has 0 amide bonds. The molecule has 5 heteroatoms. The van der Waals surface area contributed by atoms with E-state index in [1.54, 1.807) is 6.07 Å². The molecule has 64 valence electrons. The van der Waals surface area contributed by atoms with Crippen LogP contribution in [0.25, 0.3) is 0 Å². The van der Waals surface area contributed by atoms with Crippen molar-refractivity contribution in [2.24, 2.45) is 0 Å². The zero-order valence-electron chi connectivity index (χ0n) is 6.37. The minimum atomic E-state index is -0.474. The molecule has 0 atom stereocenters. The number of nitro groups is 1. The Bertz CT molecular complexity index is 338. The SMILES string of the molecule is Cc1cc([N+](=O)[O-])c(N)cc1I. The minimum absolute atomic E-state index is 0.0204. The number of nitrogen functional groups attached to an aromatic ring is 1. The lowest BCUT2D eigenvalue weighted by Gasteiger charge is -2.00. The zero-order chi connectivity index (χ0) is 9.30. The van der Waals surface area contributed by atoms with Crippen molar-refractivity contribution in [3.05, 3.63) is 31.4 Å². The van der Waals surface area contributed by atoms with Crippen LogP contribution in [0.3, 0.4) is 0 Å². The number of nitrogens with zero attached hydrogens (tertiary/aromatic N) is 1. The number of aryl methyl sites for hydroxylation is 1. The van der Waals surface area contributed by atoms with Crippen LogP contribution in [0.15, 0.2) is 12.1 Å². The van der Waals surface area contributed by atoms with Crippen molar-refractivity contribution in [3.63, 3.8) is 0 Å². The van der Waals surface area contributed by atoms with E-state index in [4.69, 9.17) is 5.73 Å². The molecule has 0 fully saturated rings. The molecule has 0 aliphatic carbocycles. The van der Waals surface area contributed by atoms with Gasteiger partial charge in [-0.05, 0) is 41.1 Å². The van der Waals surface area contributed by atoms with E-state index in [1.807, 2.05) is 6.92 Å². The number of halogens is 1. The number of anilines is 1. The average molecular weight is 278 g/mol. The van der Waals surface area contributed by atoms with Crippen LogP contribution in [-0.2, 0) is 0 Å². The third kappa shape index (κ3) is 1.66. The largest absolute Gasteiger partial charge is 0.393 e. The molecule has 0 saturated heterocycles. The fourth-order valence-electron chi connectivity index (χ4n) is 0.840. The molecule has 0 bridgehead atoms. The summed E-state index contributed by atoms with van der Waals surface area (Å²) >= 11 is 2.09. The van der Waals surface area contributed by atoms with E-state index in [0.717, 1.165) is 9.13 Å². The van der Waals surface area contributed by atoms with Gasteiger partial charge in [0.05, 0.1) is 4.92 Å². The normalized spacial score (nSPS) is 9.83. The summed E-state index contributed by atoms with van der Waals surface area (Å²) < 4.78 is 0.940. The van der Waals surface area contributed by atoms with Crippen molar-refractivity contribution in [1.29, 1.82) is 0 Å². The molecule has 0 aliphatic rings. The van der Waals surface area contributed by atoms with Crippen molar-refractivity contribution >= 4 is 34.0 Å². The second-order valence-corrected chi connectivity index (χ2v) is 3.58. The van der Waals surface area contributed by atoms with Crippen LogP contribution in [0.5, 0.6) is 0 Å². The van der Waals surface area contributed by atoms with Crippen LogP contribution in [0.2, 0.25) is 0 Å². The summed E-state index contributed by atoms with van der Waals surface area (Å²) in [7, 11) is 0. The van der Waals surface area contributed by atoms with E-state index in [-0.39, 0.29) is 11.4 Å². The van der Waals surface area contributed by atoms with Crippen LogP contribution in [0.4, 0.5) is 11.4 Å². The fraction of sp³-hybridized carbons (Fsp3) is 0.143. The third-order valence-corrected chi connectivity index (χ3v) is 2.67. The van der Waals surface area contributed by atoms with E-state index in [2.05, 4.69) is 22.6 Å². The molecule has 12 heavy (non-hydrogen) atoms. The highest BCUT2D eigenvalue weighted by molar-refractivity contribution is 14.1. The number of hydrogen-bond acceptors (Lipinski definition) is 3. The predicted octanol–water partition coefficient (Wildman–Crippen LogP) is 2.09. The predicted molar refractivity (Wildman–Crippen MR) is 55.0 cm³/mol. The van der Waals surface area contributed by atoms with Gasteiger partial charge >= 0.3 is 0 Å². The molecule has 0 radical (unpaired) electrons. The Balaban J connectivity index is 3.33. The summed E-state index contributed by atoms with van der Waals surface area (Å²) in [4.78, 5) is 9.93. The Labute approximate surface area is 83.1 Å². The summed E-state index contributed by atoms with van der Waals surface area (Å²) in [5.74, 6) is 0. The second-order valence-electron chi connectivity index (χ2n) is 2.42. The van der Waals surface area contributed by atoms with Gasteiger partial charge in [0.1, 0.15) is 5.69 Å². The molecule has 1 rings (SSSR count). The highest BCUT2D eigenvalue weighted by Gasteiger charge is 2.12. The summed E-state index contributed by atoms with van der Waals surface area (Å²) in [5, 5.41) is 10.4. The maximum Gasteiger partial charge on any atom is 0.292 e. The van der Waals surface area contributed by atoms with Gasteiger partial charge in [0, 0.05) is 9.64 Å². The maximum atomic E-state index is 10.4. The first-order chi connectivity index (χ1) is 5.52. The van der Waals surface area contributed by atoms with E-state index in [0.29, 0.717) is 0 Å². The van der Waals surface area contributed by atoms with Gasteiger partial charge in [-0.2, -0.15) is 0 Å². The van der Waals surface area contributed by atoms with E-state index in [9.17, 15) is 10.1 Å². The molecule has 0 saturated carbocycles. The van der Waals surface area contributed by atoms with Crippen molar-refractivity contribution in [2.45, 2.75) is 6.92 Å². The van der Waals surface area contributed by atoms with Crippen LogP contribution in [0, 0.1) is 20.6 Å². The molecule has 4 nitrogen and oxygen atoms in total. The van der Waals surface area contributed by atoms with Crippen molar-refractivity contribution in [1.82, 2.24) is 0 Å². The van der Waals surface area contributed by atoms with Gasteiger partial charge in [-0.3, -0.25) is 10.1 Å². The van der Waals surface area contributed by atoms with Gasteiger partial charge in [0.2, 0.25) is 0 Å². The second kappa shape index (κ2) is 3.26. The first-order valence-electron chi connectivity index (χ1n) is 3.22. The minimum Gasteiger partial charge on any atom is -0.393 e. The zero-order valence-corrected chi connectivity index (χ0v) is 8.53. The lowest BCUT2D eigenvalue weighted by Crippen LogP contribution is -1.97. The average Bonchev–Trinajstić information content (AvgIpc) is 1.96. The number of hydrogen-bond donors (Lipinski definition) is 1. The van der Waals surface area contributed by atoms with Crippen molar-refractivity contribution in [3.8, 4) is 0 Å². The third-order valence-electron chi connectivity index (χ3n) is 1.50. The van der Waals surface area contributed by atoms with Gasteiger partial charge in [-0.15, -0.1) is 0 Å². The lowest BCUT2D eigenvalue weighted by molar-refractivity contribution is -0.384. The first kappa shape index (κ1) is 9.24. The summed E-state index contributed by atoms with van der Waals surface area (Å²) in [5.41, 5.74) is 6.51. The number of nitro benzene ring substituents is 1. The molecule has 0 spiro atoms. The topological polar surface area (TPSA) is 69.2 Å². The van der Waals surface area contributed by atoms with Crippen molar-refractivity contribution in [2.75, 3.05) is 5.73 Å². The van der Waals surface area contributed by atoms with E-state index in [1.165, 1.54) is 6.07 Å². The van der Waals surface area contributed by atoms with Gasteiger partial charge in [0.25, 0.3) is 5.69 Å². The number of nitrogens with two attached hydrogens (primary N) is 1. The molecular formula is C7H7IN2O2. The standard InChI is InChI=1S/C7H7IN2O2/c1-4-2-7(10(11)12)6(9)3-5(4)8/h2-3H,9H2,1H3. The van der Waals surface area contributed by atoms with Gasteiger partial charge in [0.15, 0.2) is 0 Å². The molecule has 0 unspecified atom stereocenters. The van der Waals surface area contributed by atoms with E-state index < -0.39 is 4.92 Å². The van der Waals surface area contributed by atoms with Gasteiger partial charge in [-0.1, -0.05) is 0 Å². The monoisotopic (exact) mass is 278 g/mol. The first-order valence-corrected chi connectivity index (χ1v) is 4.30. The fourth-order valence-corrected chi connectivity index (χ4v) is 1.33. The van der Waals surface area contributed by atoms with Crippen LogP contribution < -0.4 is 5.73 Å². The summed E-state index contributed by atoms with van der Waals surface area (Å²) in [6, 6.07) is 3.09. The maximum absolute atomic E-state index is 10.4. The van der Waals surface area contributed by atoms with Crippen LogP contribution in [0.1, 0.15) is 5.56 Å². The number of benzene rings is 1. The Hall–Kier alpha value is -0.850. The Morgan fingerprint density at radius 1 is 1.58 bits per heavy atom. The molecule has 0 aliphatic heterocycles. The molecule has 2 N–H and O–H groups in total. The number of rotatable bonds is 1. The Morgan fingerprint density at radius 2 is 2.17 bits per heavy atom. The highest BCUT2D eigenvalue weighted by Crippen LogP contribution is 2.25. The molecule has 1 aromatic rings. The van der Waals surface area contributed by atoms with Gasteiger partial charge < -0.3 is 5.73 Å². The smallest absolute Gasteiger partial charge is 0.292 e. The highest BCUT2D eigenvalue weighted by atomic mass is 127. The molecular weight excluding hydrogens is 271 g/mol. The lowest BCUT2D eigenvalue weighted by atomic mass is 10.2. The summed E-state index contributed by atoms with van der Waals surface area (Å²) in [6.45, 7) is 1.81.